The standard InChI is InChI=1S/C35H32FN7O/c1-20-15-24(11-13-37-20)40-23-6-9-29-32(18-23)43-34(42-29)30-10-7-25(19-38-30)41-31-16-21(2)39-28-8-5-22(17-27(28)31)26-12-14-44-35(3,4)33(26)36/h5-11,13,15-19H,12,14H2,1-4H3,(H,37,40)(H,39,41)(H,42,43). The molecule has 1 aliphatic heterocycles. The summed E-state index contributed by atoms with van der Waals surface area (Å²) in [4.78, 5) is 21.8. The lowest BCUT2D eigenvalue weighted by Gasteiger charge is -2.30. The highest BCUT2D eigenvalue weighted by molar-refractivity contribution is 5.95. The summed E-state index contributed by atoms with van der Waals surface area (Å²) in [5.74, 6) is 0.465. The minimum atomic E-state index is -0.930. The van der Waals surface area contributed by atoms with Crippen molar-refractivity contribution in [2.45, 2.75) is 39.7 Å². The minimum absolute atomic E-state index is 0.223. The maximum absolute atomic E-state index is 15.3. The molecule has 0 fully saturated rings. The van der Waals surface area contributed by atoms with E-state index in [1.807, 2.05) is 80.6 Å². The van der Waals surface area contributed by atoms with Gasteiger partial charge in [-0.05, 0) is 106 Å². The molecule has 0 saturated heterocycles. The molecule has 0 atom stereocenters. The van der Waals surface area contributed by atoms with Crippen LogP contribution < -0.4 is 10.6 Å². The van der Waals surface area contributed by atoms with Gasteiger partial charge in [0, 0.05) is 40.0 Å². The van der Waals surface area contributed by atoms with Gasteiger partial charge >= 0.3 is 0 Å². The van der Waals surface area contributed by atoms with E-state index >= 15 is 4.39 Å². The summed E-state index contributed by atoms with van der Waals surface area (Å²) in [5, 5.41) is 7.83. The van der Waals surface area contributed by atoms with Crippen LogP contribution in [0.15, 0.2) is 85.0 Å². The molecule has 4 aromatic heterocycles. The van der Waals surface area contributed by atoms with Crippen molar-refractivity contribution in [1.29, 1.82) is 0 Å². The number of fused-ring (bicyclic) bond motifs is 2. The van der Waals surface area contributed by atoms with Crippen LogP contribution >= 0.6 is 0 Å². The van der Waals surface area contributed by atoms with Crippen molar-refractivity contribution >= 4 is 50.3 Å². The highest BCUT2D eigenvalue weighted by Crippen LogP contribution is 2.38. The van der Waals surface area contributed by atoms with Crippen LogP contribution in [0.3, 0.4) is 0 Å². The summed E-state index contributed by atoms with van der Waals surface area (Å²) in [6.45, 7) is 7.94. The predicted octanol–water partition coefficient (Wildman–Crippen LogP) is 8.55. The molecule has 3 N–H and O–H groups in total. The van der Waals surface area contributed by atoms with E-state index in [0.29, 0.717) is 24.4 Å². The molecule has 0 unspecified atom stereocenters. The third-order valence-corrected chi connectivity index (χ3v) is 7.85. The average Bonchev–Trinajstić information content (AvgIpc) is 3.42. The Bertz CT molecular complexity index is 2060. The summed E-state index contributed by atoms with van der Waals surface area (Å²) < 4.78 is 20.9. The topological polar surface area (TPSA) is 101 Å². The van der Waals surface area contributed by atoms with E-state index in [1.165, 1.54) is 0 Å². The van der Waals surface area contributed by atoms with E-state index in [9.17, 15) is 0 Å². The fourth-order valence-electron chi connectivity index (χ4n) is 5.63. The zero-order valence-corrected chi connectivity index (χ0v) is 25.0. The highest BCUT2D eigenvalue weighted by atomic mass is 19.1. The van der Waals surface area contributed by atoms with Gasteiger partial charge in [0.2, 0.25) is 0 Å². The van der Waals surface area contributed by atoms with Crippen LogP contribution in [-0.4, -0.2) is 37.1 Å². The smallest absolute Gasteiger partial charge is 0.157 e. The number of pyridine rings is 3. The van der Waals surface area contributed by atoms with Gasteiger partial charge in [-0.2, -0.15) is 0 Å². The number of rotatable bonds is 6. The van der Waals surface area contributed by atoms with Crippen LogP contribution in [0.1, 0.15) is 37.2 Å². The highest BCUT2D eigenvalue weighted by Gasteiger charge is 2.32. The molecule has 0 spiro atoms. The first-order valence-corrected chi connectivity index (χ1v) is 14.6. The molecule has 2 aromatic carbocycles. The van der Waals surface area contributed by atoms with Gasteiger partial charge in [0.15, 0.2) is 5.82 Å². The van der Waals surface area contributed by atoms with Gasteiger partial charge in [-0.15, -0.1) is 0 Å². The van der Waals surface area contributed by atoms with Crippen molar-refractivity contribution in [3.63, 3.8) is 0 Å². The maximum Gasteiger partial charge on any atom is 0.157 e. The van der Waals surface area contributed by atoms with Gasteiger partial charge in [0.25, 0.3) is 0 Å². The fourth-order valence-corrected chi connectivity index (χ4v) is 5.63. The summed E-state index contributed by atoms with van der Waals surface area (Å²) in [7, 11) is 0. The molecule has 44 heavy (non-hydrogen) atoms. The molecule has 7 rings (SSSR count). The number of imidazole rings is 1. The number of hydrogen-bond acceptors (Lipinski definition) is 7. The van der Waals surface area contributed by atoms with Gasteiger partial charge in [-0.1, -0.05) is 6.07 Å². The molecule has 0 aliphatic carbocycles. The molecule has 0 amide bonds. The van der Waals surface area contributed by atoms with E-state index in [-0.39, 0.29) is 5.83 Å². The Morgan fingerprint density at radius 3 is 2.45 bits per heavy atom. The van der Waals surface area contributed by atoms with Crippen molar-refractivity contribution in [1.82, 2.24) is 24.9 Å². The molecular formula is C35H32FN7O. The van der Waals surface area contributed by atoms with E-state index in [0.717, 1.165) is 67.3 Å². The molecule has 5 heterocycles. The van der Waals surface area contributed by atoms with Crippen molar-refractivity contribution in [2.75, 3.05) is 17.2 Å². The van der Waals surface area contributed by atoms with Crippen LogP contribution in [0.25, 0.3) is 39.0 Å². The van der Waals surface area contributed by atoms with Gasteiger partial charge in [0.1, 0.15) is 17.1 Å². The SMILES string of the molecule is Cc1cc(Nc2ccc3nc(-c4ccc(Nc5cc(C)nc6ccc(C7=C(F)C(C)(C)OCC7)cc56)cn4)[nH]c3c2)ccn1. The molecule has 9 heteroatoms. The normalized spacial score (nSPS) is 14.8. The quantitative estimate of drug-likeness (QED) is 0.180. The summed E-state index contributed by atoms with van der Waals surface area (Å²) in [6, 6.07) is 21.8. The fraction of sp³-hybridized carbons (Fsp3) is 0.200. The number of nitrogens with zero attached hydrogens (tertiary/aromatic N) is 4. The largest absolute Gasteiger partial charge is 0.368 e. The second kappa shape index (κ2) is 10.8. The number of benzene rings is 2. The number of nitrogens with one attached hydrogen (secondary N) is 3. The molecular weight excluding hydrogens is 553 g/mol. The van der Waals surface area contributed by atoms with Crippen molar-refractivity contribution in [3.05, 3.63) is 102 Å². The molecule has 0 bridgehead atoms. The number of ether oxygens (including phenoxy) is 1. The van der Waals surface area contributed by atoms with Crippen LogP contribution in [0.5, 0.6) is 0 Å². The molecule has 220 valence electrons. The molecule has 0 saturated carbocycles. The Morgan fingerprint density at radius 1 is 0.818 bits per heavy atom. The monoisotopic (exact) mass is 585 g/mol. The minimum Gasteiger partial charge on any atom is -0.368 e. The zero-order valence-electron chi connectivity index (χ0n) is 25.0. The average molecular weight is 586 g/mol. The van der Waals surface area contributed by atoms with Gasteiger partial charge in [0.05, 0.1) is 35.0 Å². The number of H-pyrrole nitrogens is 1. The Balaban J connectivity index is 1.15. The van der Waals surface area contributed by atoms with Crippen LogP contribution in [0.2, 0.25) is 0 Å². The molecule has 8 nitrogen and oxygen atoms in total. The lowest BCUT2D eigenvalue weighted by atomic mass is 9.92. The number of aryl methyl sites for hydroxylation is 2. The Hall–Kier alpha value is -5.15. The van der Waals surface area contributed by atoms with Crippen molar-refractivity contribution in [2.24, 2.45) is 0 Å². The number of halogens is 1. The lowest BCUT2D eigenvalue weighted by Crippen LogP contribution is -2.30. The van der Waals surface area contributed by atoms with Gasteiger partial charge in [-0.25, -0.2) is 9.37 Å². The number of aromatic amines is 1. The van der Waals surface area contributed by atoms with Crippen LogP contribution in [0, 0.1) is 13.8 Å². The first kappa shape index (κ1) is 27.7. The summed E-state index contributed by atoms with van der Waals surface area (Å²) in [5.41, 5.74) is 9.39. The number of anilines is 4. The van der Waals surface area contributed by atoms with E-state index < -0.39 is 5.60 Å². The Morgan fingerprint density at radius 2 is 1.64 bits per heavy atom. The van der Waals surface area contributed by atoms with Crippen LogP contribution in [0.4, 0.5) is 27.1 Å². The lowest BCUT2D eigenvalue weighted by molar-refractivity contribution is -0.0100. The van der Waals surface area contributed by atoms with Crippen molar-refractivity contribution in [3.8, 4) is 11.5 Å². The predicted molar refractivity (Wildman–Crippen MR) is 174 cm³/mol. The van der Waals surface area contributed by atoms with E-state index in [2.05, 4.69) is 20.6 Å². The first-order valence-electron chi connectivity index (χ1n) is 14.6. The third kappa shape index (κ3) is 5.38. The third-order valence-electron chi connectivity index (χ3n) is 7.85. The first-order chi connectivity index (χ1) is 21.2. The Labute approximate surface area is 254 Å². The summed E-state index contributed by atoms with van der Waals surface area (Å²) >= 11 is 0. The second-order valence-electron chi connectivity index (χ2n) is 11.6. The van der Waals surface area contributed by atoms with Crippen molar-refractivity contribution < 1.29 is 9.13 Å². The molecule has 1 aliphatic rings. The summed E-state index contributed by atoms with van der Waals surface area (Å²) in [6.07, 6.45) is 4.10. The van der Waals surface area contributed by atoms with Crippen LogP contribution in [-0.2, 0) is 4.74 Å². The van der Waals surface area contributed by atoms with Gasteiger partial charge in [-0.3, -0.25) is 15.0 Å². The number of hydrogen-bond donors (Lipinski definition) is 3. The molecule has 6 aromatic rings. The van der Waals surface area contributed by atoms with E-state index in [1.54, 1.807) is 26.2 Å². The number of aromatic nitrogens is 5. The molecule has 0 radical (unpaired) electrons. The Kier molecular flexibility index (Phi) is 6.82. The zero-order chi connectivity index (χ0) is 30.4. The second-order valence-corrected chi connectivity index (χ2v) is 11.6. The maximum atomic E-state index is 15.3. The van der Waals surface area contributed by atoms with Gasteiger partial charge < -0.3 is 20.4 Å². The van der Waals surface area contributed by atoms with E-state index in [4.69, 9.17) is 19.7 Å².